The molecular weight excluding hydrogens is 380 g/mol. The van der Waals surface area contributed by atoms with Gasteiger partial charge in [-0.2, -0.15) is 0 Å². The fourth-order valence-corrected chi connectivity index (χ4v) is 4.25. The molecule has 0 unspecified atom stereocenters. The first-order valence-corrected chi connectivity index (χ1v) is 10.0. The van der Waals surface area contributed by atoms with Gasteiger partial charge in [-0.15, -0.1) is 0 Å². The van der Waals surface area contributed by atoms with Gasteiger partial charge in [0, 0.05) is 29.8 Å². The van der Waals surface area contributed by atoms with E-state index in [2.05, 4.69) is 10.6 Å². The van der Waals surface area contributed by atoms with E-state index in [4.69, 9.17) is 4.74 Å². The number of carbonyl (C=O) groups excluding carboxylic acids is 3. The quantitative estimate of drug-likeness (QED) is 0.817. The molecule has 2 aliphatic rings. The first kappa shape index (κ1) is 19.9. The van der Waals surface area contributed by atoms with Crippen molar-refractivity contribution in [1.29, 1.82) is 0 Å². The first-order valence-electron chi connectivity index (χ1n) is 10.0. The molecule has 1 heterocycles. The van der Waals surface area contributed by atoms with Gasteiger partial charge in [-0.3, -0.25) is 14.4 Å². The van der Waals surface area contributed by atoms with Gasteiger partial charge in [0.1, 0.15) is 5.75 Å². The van der Waals surface area contributed by atoms with E-state index in [-0.39, 0.29) is 29.9 Å². The van der Waals surface area contributed by atoms with Crippen LogP contribution in [-0.4, -0.2) is 24.7 Å². The number of methoxy groups -OCH3 is 1. The highest BCUT2D eigenvalue weighted by atomic mass is 16.5. The van der Waals surface area contributed by atoms with Crippen LogP contribution in [0.2, 0.25) is 0 Å². The normalized spacial score (nSPS) is 21.0. The number of aryl methyl sites for hydroxylation is 1. The predicted molar refractivity (Wildman–Crippen MR) is 113 cm³/mol. The molecule has 0 saturated heterocycles. The lowest BCUT2D eigenvalue weighted by Crippen LogP contribution is -2.43. The fourth-order valence-electron chi connectivity index (χ4n) is 4.25. The molecule has 2 aromatic carbocycles. The van der Waals surface area contributed by atoms with Gasteiger partial charge in [-0.25, -0.2) is 0 Å². The molecule has 0 bridgehead atoms. The van der Waals surface area contributed by atoms with E-state index in [0.29, 0.717) is 29.8 Å². The summed E-state index contributed by atoms with van der Waals surface area (Å²) in [5, 5.41) is 5.71. The highest BCUT2D eigenvalue weighted by Crippen LogP contribution is 2.39. The molecule has 1 aliphatic heterocycles. The van der Waals surface area contributed by atoms with Crippen LogP contribution < -0.4 is 15.4 Å². The summed E-state index contributed by atoms with van der Waals surface area (Å²) < 4.78 is 5.20. The van der Waals surface area contributed by atoms with Crippen LogP contribution in [0.5, 0.6) is 5.75 Å². The smallest absolute Gasteiger partial charge is 0.232 e. The largest absolute Gasteiger partial charge is 0.497 e. The summed E-state index contributed by atoms with van der Waals surface area (Å²) in [5.74, 6) is -0.693. The predicted octanol–water partition coefficient (Wildman–Crippen LogP) is 3.48. The molecule has 2 aromatic rings. The van der Waals surface area contributed by atoms with Crippen molar-refractivity contribution in [2.24, 2.45) is 5.92 Å². The number of amides is 2. The monoisotopic (exact) mass is 404 g/mol. The van der Waals surface area contributed by atoms with Gasteiger partial charge in [-0.1, -0.05) is 24.3 Å². The minimum atomic E-state index is -0.765. The Kier molecular flexibility index (Phi) is 5.40. The van der Waals surface area contributed by atoms with Gasteiger partial charge in [0.05, 0.1) is 13.0 Å². The van der Waals surface area contributed by atoms with Crippen LogP contribution in [0.4, 0.5) is 5.69 Å². The minimum absolute atomic E-state index is 0.0184. The lowest BCUT2D eigenvalue weighted by atomic mass is 9.75. The van der Waals surface area contributed by atoms with E-state index in [0.717, 1.165) is 16.9 Å². The van der Waals surface area contributed by atoms with E-state index in [1.807, 2.05) is 49.4 Å². The van der Waals surface area contributed by atoms with Crippen molar-refractivity contribution < 1.29 is 19.1 Å². The lowest BCUT2D eigenvalue weighted by Gasteiger charge is -2.33. The number of nitrogens with one attached hydrogen (secondary N) is 2. The summed E-state index contributed by atoms with van der Waals surface area (Å²) >= 11 is 0. The van der Waals surface area contributed by atoms with Crippen molar-refractivity contribution in [1.82, 2.24) is 5.32 Å². The Hall–Kier alpha value is -3.41. The number of ketones is 1. The number of rotatable bonds is 4. The van der Waals surface area contributed by atoms with Gasteiger partial charge in [-0.05, 0) is 54.7 Å². The molecule has 6 nitrogen and oxygen atoms in total. The van der Waals surface area contributed by atoms with E-state index >= 15 is 0 Å². The van der Waals surface area contributed by atoms with E-state index < -0.39 is 5.92 Å². The molecule has 154 valence electrons. The highest BCUT2D eigenvalue weighted by molar-refractivity contribution is 6.09. The molecule has 0 spiro atoms. The second kappa shape index (κ2) is 8.14. The number of benzene rings is 2. The van der Waals surface area contributed by atoms with Crippen molar-refractivity contribution in [2.75, 3.05) is 12.4 Å². The third kappa shape index (κ3) is 3.99. The van der Waals surface area contributed by atoms with E-state index in [9.17, 15) is 14.4 Å². The van der Waals surface area contributed by atoms with E-state index in [1.54, 1.807) is 13.2 Å². The third-order valence-corrected chi connectivity index (χ3v) is 5.73. The Morgan fingerprint density at radius 2 is 1.83 bits per heavy atom. The summed E-state index contributed by atoms with van der Waals surface area (Å²) in [5.41, 5.74) is 3.71. The number of ether oxygens (including phenoxy) is 1. The fraction of sp³-hybridized carbons (Fsp3) is 0.292. The van der Waals surface area contributed by atoms with Crippen molar-refractivity contribution in [3.05, 3.63) is 70.9 Å². The zero-order valence-electron chi connectivity index (χ0n) is 17.0. The number of carbonyl (C=O) groups is 3. The van der Waals surface area contributed by atoms with Crippen LogP contribution in [-0.2, 0) is 14.4 Å². The molecule has 2 N–H and O–H groups in total. The Morgan fingerprint density at radius 1 is 1.07 bits per heavy atom. The standard InChI is InChI=1S/C24H24N2O4/c1-14-4-3-5-17(10-14)25-24(29)19-13-22(28)26-20-11-16(12-21(27)23(19)20)15-6-8-18(30-2)9-7-15/h3-10,16,19H,11-13H2,1-2H3,(H,25,29)(H,26,28)/t16-,19+/m0/s1. The summed E-state index contributed by atoms with van der Waals surface area (Å²) in [6.07, 6.45) is 0.818. The van der Waals surface area contributed by atoms with Gasteiger partial charge < -0.3 is 15.4 Å². The molecule has 2 atom stereocenters. The van der Waals surface area contributed by atoms with E-state index in [1.165, 1.54) is 0 Å². The average molecular weight is 404 g/mol. The molecule has 6 heteroatoms. The molecule has 0 saturated carbocycles. The molecule has 0 aromatic heterocycles. The summed E-state index contributed by atoms with van der Waals surface area (Å²) in [6.45, 7) is 1.94. The molecule has 0 fully saturated rings. The minimum Gasteiger partial charge on any atom is -0.497 e. The third-order valence-electron chi connectivity index (χ3n) is 5.73. The summed E-state index contributed by atoms with van der Waals surface area (Å²) in [6, 6.07) is 15.1. The van der Waals surface area contributed by atoms with Gasteiger partial charge in [0.15, 0.2) is 5.78 Å². The lowest BCUT2D eigenvalue weighted by molar-refractivity contribution is -0.129. The Balaban J connectivity index is 1.59. The van der Waals surface area contributed by atoms with Gasteiger partial charge in [0.25, 0.3) is 0 Å². The zero-order chi connectivity index (χ0) is 21.3. The maximum absolute atomic E-state index is 13.0. The molecule has 4 rings (SSSR count). The Bertz CT molecular complexity index is 1040. The molecule has 1 aliphatic carbocycles. The molecular formula is C24H24N2O4. The van der Waals surface area contributed by atoms with Crippen molar-refractivity contribution >= 4 is 23.3 Å². The number of allylic oxidation sites excluding steroid dienone is 1. The summed E-state index contributed by atoms with van der Waals surface area (Å²) in [4.78, 5) is 38.3. The zero-order valence-corrected chi connectivity index (χ0v) is 17.0. The SMILES string of the molecule is COc1ccc([C@@H]2CC(=O)C3=C(C2)NC(=O)C[C@H]3C(=O)Nc2cccc(C)c2)cc1. The van der Waals surface area contributed by atoms with Crippen molar-refractivity contribution in [3.8, 4) is 5.75 Å². The van der Waals surface area contributed by atoms with Gasteiger partial charge in [0.2, 0.25) is 11.8 Å². The van der Waals surface area contributed by atoms with Crippen LogP contribution in [0.1, 0.15) is 36.3 Å². The second-order valence-corrected chi connectivity index (χ2v) is 7.86. The summed E-state index contributed by atoms with van der Waals surface area (Å²) in [7, 11) is 1.61. The van der Waals surface area contributed by atoms with Crippen LogP contribution in [0, 0.1) is 12.8 Å². The number of hydrogen-bond acceptors (Lipinski definition) is 4. The molecule has 30 heavy (non-hydrogen) atoms. The number of Topliss-reactive ketones (excluding diaryl/α,β-unsaturated/α-hetero) is 1. The van der Waals surface area contributed by atoms with Crippen LogP contribution >= 0.6 is 0 Å². The average Bonchev–Trinajstić information content (AvgIpc) is 2.72. The first-order chi connectivity index (χ1) is 14.4. The van der Waals surface area contributed by atoms with Crippen molar-refractivity contribution in [3.63, 3.8) is 0 Å². The van der Waals surface area contributed by atoms with Crippen LogP contribution in [0.25, 0.3) is 0 Å². The second-order valence-electron chi connectivity index (χ2n) is 7.86. The van der Waals surface area contributed by atoms with Gasteiger partial charge >= 0.3 is 0 Å². The maximum atomic E-state index is 13.0. The van der Waals surface area contributed by atoms with Crippen LogP contribution in [0.15, 0.2) is 59.8 Å². The number of hydrogen-bond donors (Lipinski definition) is 2. The van der Waals surface area contributed by atoms with Crippen molar-refractivity contribution in [2.45, 2.75) is 32.1 Å². The molecule has 0 radical (unpaired) electrons. The Morgan fingerprint density at radius 3 is 2.53 bits per heavy atom. The Labute approximate surface area is 175 Å². The number of anilines is 1. The topological polar surface area (TPSA) is 84.5 Å². The molecule has 2 amide bonds. The maximum Gasteiger partial charge on any atom is 0.232 e. The van der Waals surface area contributed by atoms with Crippen LogP contribution in [0.3, 0.4) is 0 Å². The highest BCUT2D eigenvalue weighted by Gasteiger charge is 2.40.